The third kappa shape index (κ3) is 4.06. The molecule has 116 valence electrons. The highest BCUT2D eigenvalue weighted by Gasteiger charge is 2.27. The lowest BCUT2D eigenvalue weighted by molar-refractivity contribution is -0.156. The van der Waals surface area contributed by atoms with Crippen LogP contribution < -0.4 is 0 Å². The standard InChI is InChI=1S/C15H23N3O3/c1-10(2)21-15(20)11(3)17(4)14(19)9-18-8-7-13(16-18)12-5-6-12/h7-8,10-12H,5-6,9H2,1-4H3/t11-/m0/s1. The summed E-state index contributed by atoms with van der Waals surface area (Å²) in [5.74, 6) is 0.0210. The molecule has 1 fully saturated rings. The van der Waals surface area contributed by atoms with Crippen LogP contribution in [0.25, 0.3) is 0 Å². The van der Waals surface area contributed by atoms with Gasteiger partial charge in [-0.3, -0.25) is 9.48 Å². The molecule has 0 unspecified atom stereocenters. The van der Waals surface area contributed by atoms with Gasteiger partial charge in [0.05, 0.1) is 11.8 Å². The highest BCUT2D eigenvalue weighted by molar-refractivity contribution is 5.84. The van der Waals surface area contributed by atoms with E-state index in [-0.39, 0.29) is 24.5 Å². The van der Waals surface area contributed by atoms with Crippen LogP contribution in [-0.4, -0.2) is 45.8 Å². The quantitative estimate of drug-likeness (QED) is 0.747. The van der Waals surface area contributed by atoms with Crippen molar-refractivity contribution in [1.29, 1.82) is 0 Å². The minimum atomic E-state index is -0.599. The first-order valence-corrected chi connectivity index (χ1v) is 7.38. The van der Waals surface area contributed by atoms with Crippen molar-refractivity contribution in [1.82, 2.24) is 14.7 Å². The zero-order chi connectivity index (χ0) is 15.6. The number of aromatic nitrogens is 2. The first-order valence-electron chi connectivity index (χ1n) is 7.38. The Kier molecular flexibility index (Phi) is 4.65. The predicted octanol–water partition coefficient (Wildman–Crippen LogP) is 1.56. The van der Waals surface area contributed by atoms with Gasteiger partial charge in [0, 0.05) is 19.2 Å². The van der Waals surface area contributed by atoms with Crippen LogP contribution in [0.5, 0.6) is 0 Å². The summed E-state index contributed by atoms with van der Waals surface area (Å²) in [6.07, 6.45) is 4.00. The normalized spacial score (nSPS) is 15.9. The van der Waals surface area contributed by atoms with Crippen molar-refractivity contribution in [2.75, 3.05) is 7.05 Å². The minimum Gasteiger partial charge on any atom is -0.461 e. The summed E-state index contributed by atoms with van der Waals surface area (Å²) in [6.45, 7) is 5.38. The lowest BCUT2D eigenvalue weighted by Crippen LogP contribution is -2.43. The number of carbonyl (C=O) groups excluding carboxylic acids is 2. The van der Waals surface area contributed by atoms with Gasteiger partial charge in [-0.15, -0.1) is 0 Å². The first-order chi connectivity index (χ1) is 9.88. The van der Waals surface area contributed by atoms with Gasteiger partial charge in [0.25, 0.3) is 0 Å². The van der Waals surface area contributed by atoms with E-state index in [1.807, 2.05) is 12.3 Å². The van der Waals surface area contributed by atoms with Crippen LogP contribution in [0.15, 0.2) is 12.3 Å². The maximum absolute atomic E-state index is 12.2. The summed E-state index contributed by atoms with van der Waals surface area (Å²) < 4.78 is 6.75. The van der Waals surface area contributed by atoms with E-state index in [9.17, 15) is 9.59 Å². The molecule has 0 bridgehead atoms. The van der Waals surface area contributed by atoms with Crippen LogP contribution in [0, 0.1) is 0 Å². The monoisotopic (exact) mass is 293 g/mol. The van der Waals surface area contributed by atoms with Gasteiger partial charge in [-0.1, -0.05) is 0 Å². The molecule has 0 spiro atoms. The Balaban J connectivity index is 1.90. The summed E-state index contributed by atoms with van der Waals surface area (Å²) in [5, 5.41) is 4.40. The second-order valence-corrected chi connectivity index (χ2v) is 5.88. The second kappa shape index (κ2) is 6.28. The lowest BCUT2D eigenvalue weighted by Gasteiger charge is -2.24. The fourth-order valence-corrected chi connectivity index (χ4v) is 2.02. The van der Waals surface area contributed by atoms with Gasteiger partial charge in [-0.05, 0) is 39.7 Å². The molecule has 1 aromatic heterocycles. The largest absolute Gasteiger partial charge is 0.461 e. The Labute approximate surface area is 125 Å². The summed E-state index contributed by atoms with van der Waals surface area (Å²) in [6, 6.07) is 1.36. The average Bonchev–Trinajstić information content (AvgIpc) is 3.17. The molecule has 1 heterocycles. The molecule has 6 nitrogen and oxygen atoms in total. The van der Waals surface area contributed by atoms with E-state index in [2.05, 4.69) is 5.10 Å². The molecule has 1 aromatic rings. The van der Waals surface area contributed by atoms with Crippen molar-refractivity contribution in [3.63, 3.8) is 0 Å². The second-order valence-electron chi connectivity index (χ2n) is 5.88. The van der Waals surface area contributed by atoms with Gasteiger partial charge in [0.1, 0.15) is 12.6 Å². The number of likely N-dealkylation sites (N-methyl/N-ethyl adjacent to an activating group) is 1. The Bertz CT molecular complexity index is 520. The summed E-state index contributed by atoms with van der Waals surface area (Å²) in [4.78, 5) is 25.4. The summed E-state index contributed by atoms with van der Waals surface area (Å²) in [7, 11) is 1.61. The van der Waals surface area contributed by atoms with E-state index < -0.39 is 6.04 Å². The predicted molar refractivity (Wildman–Crippen MR) is 77.7 cm³/mol. The number of ether oxygens (including phenoxy) is 1. The SMILES string of the molecule is CC(C)OC(=O)[C@H](C)N(C)C(=O)Cn1ccc(C2CC2)n1. The molecule has 2 rings (SSSR count). The van der Waals surface area contributed by atoms with Gasteiger partial charge >= 0.3 is 5.97 Å². The van der Waals surface area contributed by atoms with Crippen LogP contribution in [0.2, 0.25) is 0 Å². The number of carbonyl (C=O) groups is 2. The molecule has 0 N–H and O–H groups in total. The van der Waals surface area contributed by atoms with Crippen LogP contribution in [0.3, 0.4) is 0 Å². The molecule has 1 aliphatic carbocycles. The Morgan fingerprint density at radius 2 is 2.10 bits per heavy atom. The molecule has 0 aromatic carbocycles. The Morgan fingerprint density at radius 3 is 2.67 bits per heavy atom. The number of amides is 1. The smallest absolute Gasteiger partial charge is 0.328 e. The topological polar surface area (TPSA) is 64.4 Å². The van der Waals surface area contributed by atoms with Crippen molar-refractivity contribution in [3.05, 3.63) is 18.0 Å². The van der Waals surface area contributed by atoms with Crippen molar-refractivity contribution in [2.24, 2.45) is 0 Å². The molecule has 0 aliphatic heterocycles. The maximum atomic E-state index is 12.2. The maximum Gasteiger partial charge on any atom is 0.328 e. The third-order valence-corrected chi connectivity index (χ3v) is 3.62. The average molecular weight is 293 g/mol. The van der Waals surface area contributed by atoms with E-state index in [0.29, 0.717) is 5.92 Å². The fraction of sp³-hybridized carbons (Fsp3) is 0.667. The van der Waals surface area contributed by atoms with Gasteiger partial charge < -0.3 is 9.64 Å². The van der Waals surface area contributed by atoms with Gasteiger partial charge in [-0.25, -0.2) is 4.79 Å². The molecule has 0 saturated heterocycles. The van der Waals surface area contributed by atoms with Crippen LogP contribution in [-0.2, 0) is 20.9 Å². The number of rotatable bonds is 6. The zero-order valence-electron chi connectivity index (χ0n) is 13.1. The zero-order valence-corrected chi connectivity index (χ0v) is 13.1. The molecule has 21 heavy (non-hydrogen) atoms. The van der Waals surface area contributed by atoms with E-state index in [1.165, 1.54) is 17.7 Å². The molecular weight excluding hydrogens is 270 g/mol. The highest BCUT2D eigenvalue weighted by atomic mass is 16.5. The molecule has 0 radical (unpaired) electrons. The molecule has 1 saturated carbocycles. The third-order valence-electron chi connectivity index (χ3n) is 3.62. The van der Waals surface area contributed by atoms with Gasteiger partial charge in [0.15, 0.2) is 0 Å². The van der Waals surface area contributed by atoms with Crippen molar-refractivity contribution >= 4 is 11.9 Å². The lowest BCUT2D eigenvalue weighted by atomic mass is 10.3. The highest BCUT2D eigenvalue weighted by Crippen LogP contribution is 2.38. The van der Waals surface area contributed by atoms with Crippen LogP contribution >= 0.6 is 0 Å². The number of esters is 1. The first kappa shape index (κ1) is 15.5. The van der Waals surface area contributed by atoms with Crippen molar-refractivity contribution < 1.29 is 14.3 Å². The van der Waals surface area contributed by atoms with E-state index in [4.69, 9.17) is 4.74 Å². The molecular formula is C15H23N3O3. The summed E-state index contributed by atoms with van der Waals surface area (Å²) in [5.41, 5.74) is 1.05. The molecule has 1 atom stereocenters. The number of nitrogens with zero attached hydrogens (tertiary/aromatic N) is 3. The Hall–Kier alpha value is -1.85. The number of hydrogen-bond donors (Lipinski definition) is 0. The van der Waals surface area contributed by atoms with Crippen molar-refractivity contribution in [2.45, 2.75) is 58.2 Å². The molecule has 1 aliphatic rings. The van der Waals surface area contributed by atoms with Crippen LogP contribution in [0.1, 0.15) is 45.2 Å². The van der Waals surface area contributed by atoms with Crippen LogP contribution in [0.4, 0.5) is 0 Å². The van der Waals surface area contributed by atoms with E-state index >= 15 is 0 Å². The van der Waals surface area contributed by atoms with Crippen molar-refractivity contribution in [3.8, 4) is 0 Å². The van der Waals surface area contributed by atoms with Gasteiger partial charge in [-0.2, -0.15) is 5.10 Å². The summed E-state index contributed by atoms with van der Waals surface area (Å²) >= 11 is 0. The fourth-order valence-electron chi connectivity index (χ4n) is 2.02. The molecule has 1 amide bonds. The molecule has 6 heteroatoms. The Morgan fingerprint density at radius 1 is 1.43 bits per heavy atom. The van der Waals surface area contributed by atoms with E-state index in [0.717, 1.165) is 5.69 Å². The minimum absolute atomic E-state index is 0.141. The van der Waals surface area contributed by atoms with E-state index in [1.54, 1.807) is 32.5 Å². The number of hydrogen-bond acceptors (Lipinski definition) is 4. The van der Waals surface area contributed by atoms with Gasteiger partial charge in [0.2, 0.25) is 5.91 Å².